The average molecular weight is 430 g/mol. The van der Waals surface area contributed by atoms with E-state index in [0.717, 1.165) is 50.8 Å². The molecule has 2 saturated heterocycles. The highest BCUT2D eigenvalue weighted by atomic mass is 19.1. The Hall–Kier alpha value is -2.48. The molecule has 2 aliphatic rings. The molecule has 2 fully saturated rings. The maximum absolute atomic E-state index is 13.2. The number of hydrogen-bond donors (Lipinski definition) is 2. The van der Waals surface area contributed by atoms with E-state index >= 15 is 0 Å². The van der Waals surface area contributed by atoms with Crippen LogP contribution < -0.4 is 10.6 Å². The average Bonchev–Trinajstić information content (AvgIpc) is 3.27. The SMILES string of the molecule is O=C(NCCCCC1CCN(C(=O)C2CCC(F)CN2)CC1)c1ccc2nccn2c1. The molecule has 2 atom stereocenters. The third kappa shape index (κ3) is 5.61. The molecule has 2 aliphatic heterocycles. The highest BCUT2D eigenvalue weighted by molar-refractivity contribution is 5.94. The number of likely N-dealkylation sites (tertiary alicyclic amines) is 1. The molecule has 4 heterocycles. The van der Waals surface area contributed by atoms with Crippen LogP contribution in [0.2, 0.25) is 0 Å². The lowest BCUT2D eigenvalue weighted by atomic mass is 9.91. The van der Waals surface area contributed by atoms with Crippen LogP contribution in [0.5, 0.6) is 0 Å². The van der Waals surface area contributed by atoms with Crippen molar-refractivity contribution in [2.75, 3.05) is 26.2 Å². The summed E-state index contributed by atoms with van der Waals surface area (Å²) in [7, 11) is 0. The van der Waals surface area contributed by atoms with Crippen molar-refractivity contribution < 1.29 is 14.0 Å². The fourth-order valence-electron chi connectivity index (χ4n) is 4.61. The van der Waals surface area contributed by atoms with Gasteiger partial charge in [-0.05, 0) is 50.2 Å². The molecule has 8 heteroatoms. The minimum Gasteiger partial charge on any atom is -0.352 e. The number of fused-ring (bicyclic) bond motifs is 1. The molecule has 168 valence electrons. The summed E-state index contributed by atoms with van der Waals surface area (Å²) >= 11 is 0. The maximum Gasteiger partial charge on any atom is 0.252 e. The minimum atomic E-state index is -0.819. The van der Waals surface area contributed by atoms with E-state index in [2.05, 4.69) is 15.6 Å². The number of carbonyl (C=O) groups excluding carboxylic acids is 2. The Morgan fingerprint density at radius 2 is 2.00 bits per heavy atom. The van der Waals surface area contributed by atoms with Gasteiger partial charge in [0.25, 0.3) is 5.91 Å². The lowest BCUT2D eigenvalue weighted by molar-refractivity contribution is -0.135. The summed E-state index contributed by atoms with van der Waals surface area (Å²) in [6, 6.07) is 3.43. The number of unbranched alkanes of at least 4 members (excludes halogenated alkanes) is 1. The molecule has 0 saturated carbocycles. The zero-order chi connectivity index (χ0) is 21.6. The number of amides is 2. The molecule has 2 amide bonds. The number of hydrogen-bond acceptors (Lipinski definition) is 4. The molecule has 0 aromatic carbocycles. The number of imidazole rings is 1. The fourth-order valence-corrected chi connectivity index (χ4v) is 4.61. The molecule has 0 spiro atoms. The summed E-state index contributed by atoms with van der Waals surface area (Å²) in [6.07, 6.45) is 10.8. The number of alkyl halides is 1. The molecule has 2 aromatic heterocycles. The zero-order valence-electron chi connectivity index (χ0n) is 17.9. The van der Waals surface area contributed by atoms with Crippen LogP contribution in [0.3, 0.4) is 0 Å². The van der Waals surface area contributed by atoms with Gasteiger partial charge in [-0.2, -0.15) is 0 Å². The summed E-state index contributed by atoms with van der Waals surface area (Å²) in [5, 5.41) is 6.04. The van der Waals surface area contributed by atoms with E-state index in [0.29, 0.717) is 37.4 Å². The molecule has 31 heavy (non-hydrogen) atoms. The first-order valence-electron chi connectivity index (χ1n) is 11.5. The zero-order valence-corrected chi connectivity index (χ0v) is 17.9. The van der Waals surface area contributed by atoms with Crippen molar-refractivity contribution in [1.29, 1.82) is 0 Å². The third-order valence-electron chi connectivity index (χ3n) is 6.55. The Bertz CT molecular complexity index is 885. The van der Waals surface area contributed by atoms with Crippen molar-refractivity contribution in [2.24, 2.45) is 5.92 Å². The molecule has 0 bridgehead atoms. The predicted molar refractivity (Wildman–Crippen MR) is 117 cm³/mol. The Balaban J connectivity index is 1.10. The molecular weight excluding hydrogens is 397 g/mol. The van der Waals surface area contributed by atoms with Gasteiger partial charge in [0.15, 0.2) is 0 Å². The molecule has 0 radical (unpaired) electrons. The third-order valence-corrected chi connectivity index (χ3v) is 6.55. The van der Waals surface area contributed by atoms with Crippen molar-refractivity contribution in [2.45, 2.75) is 57.2 Å². The quantitative estimate of drug-likeness (QED) is 0.663. The molecule has 2 unspecified atom stereocenters. The monoisotopic (exact) mass is 429 g/mol. The highest BCUT2D eigenvalue weighted by Crippen LogP contribution is 2.24. The Kier molecular flexibility index (Phi) is 7.17. The van der Waals surface area contributed by atoms with Crippen LogP contribution in [-0.4, -0.2) is 64.5 Å². The van der Waals surface area contributed by atoms with Crippen LogP contribution in [0, 0.1) is 5.92 Å². The summed E-state index contributed by atoms with van der Waals surface area (Å²) in [5.41, 5.74) is 1.46. The summed E-state index contributed by atoms with van der Waals surface area (Å²) in [6.45, 7) is 2.56. The van der Waals surface area contributed by atoms with Gasteiger partial charge in [0.1, 0.15) is 11.8 Å². The van der Waals surface area contributed by atoms with Gasteiger partial charge in [0.2, 0.25) is 5.91 Å². The first kappa shape index (κ1) is 21.7. The molecule has 4 rings (SSSR count). The number of nitrogens with zero attached hydrogens (tertiary/aromatic N) is 3. The van der Waals surface area contributed by atoms with E-state index in [1.165, 1.54) is 0 Å². The van der Waals surface area contributed by atoms with Gasteiger partial charge in [-0.1, -0.05) is 12.8 Å². The van der Waals surface area contributed by atoms with E-state index in [4.69, 9.17) is 0 Å². The number of carbonyl (C=O) groups is 2. The Morgan fingerprint density at radius 1 is 1.16 bits per heavy atom. The molecule has 2 aromatic rings. The minimum absolute atomic E-state index is 0.0576. The van der Waals surface area contributed by atoms with Crippen LogP contribution in [0.15, 0.2) is 30.7 Å². The van der Waals surface area contributed by atoms with Crippen molar-refractivity contribution in [3.63, 3.8) is 0 Å². The van der Waals surface area contributed by atoms with Gasteiger partial charge in [0, 0.05) is 44.8 Å². The smallest absolute Gasteiger partial charge is 0.252 e. The largest absolute Gasteiger partial charge is 0.352 e. The lowest BCUT2D eigenvalue weighted by Gasteiger charge is -2.36. The van der Waals surface area contributed by atoms with Crippen molar-refractivity contribution in [3.05, 3.63) is 36.3 Å². The second-order valence-corrected chi connectivity index (χ2v) is 8.77. The maximum atomic E-state index is 13.2. The van der Waals surface area contributed by atoms with Crippen LogP contribution in [0.4, 0.5) is 4.39 Å². The van der Waals surface area contributed by atoms with Crippen LogP contribution in [0.1, 0.15) is 55.3 Å². The summed E-state index contributed by atoms with van der Waals surface area (Å²) in [5.74, 6) is 0.720. The van der Waals surface area contributed by atoms with Gasteiger partial charge >= 0.3 is 0 Å². The van der Waals surface area contributed by atoms with Crippen LogP contribution in [-0.2, 0) is 4.79 Å². The van der Waals surface area contributed by atoms with E-state index in [9.17, 15) is 14.0 Å². The summed E-state index contributed by atoms with van der Waals surface area (Å²) < 4.78 is 15.1. The number of aromatic nitrogens is 2. The van der Waals surface area contributed by atoms with Crippen molar-refractivity contribution >= 4 is 17.5 Å². The normalized spacial score (nSPS) is 22.5. The number of nitrogens with one attached hydrogen (secondary N) is 2. The van der Waals surface area contributed by atoms with Crippen LogP contribution in [0.25, 0.3) is 5.65 Å². The fraction of sp³-hybridized carbons (Fsp3) is 0.609. The van der Waals surface area contributed by atoms with Gasteiger partial charge in [-0.3, -0.25) is 9.59 Å². The predicted octanol–water partition coefficient (Wildman–Crippen LogP) is 2.56. The van der Waals surface area contributed by atoms with E-state index in [1.54, 1.807) is 18.5 Å². The number of rotatable bonds is 7. The van der Waals surface area contributed by atoms with Crippen molar-refractivity contribution in [1.82, 2.24) is 24.9 Å². The summed E-state index contributed by atoms with van der Waals surface area (Å²) in [4.78, 5) is 31.0. The number of halogens is 1. The Labute approximate surface area is 182 Å². The molecular formula is C23H32FN5O2. The molecule has 7 nitrogen and oxygen atoms in total. The number of pyridine rings is 1. The van der Waals surface area contributed by atoms with E-state index in [1.807, 2.05) is 21.6 Å². The van der Waals surface area contributed by atoms with Crippen LogP contribution >= 0.6 is 0 Å². The van der Waals surface area contributed by atoms with Gasteiger partial charge in [-0.15, -0.1) is 0 Å². The first-order chi connectivity index (χ1) is 15.1. The topological polar surface area (TPSA) is 78.7 Å². The second kappa shape index (κ2) is 10.2. The van der Waals surface area contributed by atoms with E-state index < -0.39 is 6.17 Å². The lowest BCUT2D eigenvalue weighted by Crippen LogP contribution is -2.52. The second-order valence-electron chi connectivity index (χ2n) is 8.77. The first-order valence-corrected chi connectivity index (χ1v) is 11.5. The van der Waals surface area contributed by atoms with Gasteiger partial charge in [-0.25, -0.2) is 9.37 Å². The number of piperidine rings is 2. The molecule has 0 aliphatic carbocycles. The highest BCUT2D eigenvalue weighted by Gasteiger charge is 2.31. The standard InChI is InChI=1S/C23H32FN5O2/c24-19-5-6-20(27-15-19)23(31)28-12-8-17(9-13-28)3-1-2-10-26-22(30)18-4-7-21-25-11-14-29(21)16-18/h4,7,11,14,16-17,19-20,27H,1-3,5-6,8-10,12-13,15H2,(H,26,30). The van der Waals surface area contributed by atoms with Gasteiger partial charge < -0.3 is 19.9 Å². The van der Waals surface area contributed by atoms with Crippen molar-refractivity contribution in [3.8, 4) is 0 Å². The van der Waals surface area contributed by atoms with E-state index in [-0.39, 0.29) is 17.9 Å². The molecule has 2 N–H and O–H groups in total. The Morgan fingerprint density at radius 3 is 2.77 bits per heavy atom. The van der Waals surface area contributed by atoms with Gasteiger partial charge in [0.05, 0.1) is 11.6 Å².